The number of para-hydroxylation sites is 1. The molecular formula is C23H22N4O3. The zero-order valence-electron chi connectivity index (χ0n) is 17.1. The maximum atomic E-state index is 12.8. The van der Waals surface area contributed by atoms with Crippen molar-refractivity contribution in [2.75, 3.05) is 5.32 Å². The molecule has 30 heavy (non-hydrogen) atoms. The summed E-state index contributed by atoms with van der Waals surface area (Å²) in [7, 11) is 0. The van der Waals surface area contributed by atoms with Crippen molar-refractivity contribution in [1.29, 1.82) is 0 Å². The van der Waals surface area contributed by atoms with Crippen LogP contribution >= 0.6 is 0 Å². The molecule has 4 rings (SSSR count). The summed E-state index contributed by atoms with van der Waals surface area (Å²) in [6.45, 7) is 6.08. The first-order valence-electron chi connectivity index (χ1n) is 9.72. The summed E-state index contributed by atoms with van der Waals surface area (Å²) in [5, 5.41) is 6.96. The molecule has 7 nitrogen and oxygen atoms in total. The fraction of sp³-hybridized carbons (Fsp3) is 0.217. The Morgan fingerprint density at radius 1 is 1.07 bits per heavy atom. The van der Waals surface area contributed by atoms with Gasteiger partial charge in [0, 0.05) is 24.2 Å². The van der Waals surface area contributed by atoms with E-state index in [1.165, 1.54) is 10.9 Å². The van der Waals surface area contributed by atoms with Gasteiger partial charge in [-0.15, -0.1) is 0 Å². The van der Waals surface area contributed by atoms with Crippen LogP contribution in [0.25, 0.3) is 22.4 Å². The van der Waals surface area contributed by atoms with E-state index in [4.69, 9.17) is 4.52 Å². The van der Waals surface area contributed by atoms with E-state index in [2.05, 4.69) is 15.5 Å². The maximum absolute atomic E-state index is 12.8. The zero-order valence-corrected chi connectivity index (χ0v) is 17.1. The Kier molecular flexibility index (Phi) is 5.18. The molecule has 0 atom stereocenters. The average molecular weight is 402 g/mol. The number of nitrogens with one attached hydrogen (secondary N) is 1. The van der Waals surface area contributed by atoms with Crippen molar-refractivity contribution >= 4 is 22.7 Å². The molecular weight excluding hydrogens is 380 g/mol. The lowest BCUT2D eigenvalue weighted by molar-refractivity contribution is -0.116. The van der Waals surface area contributed by atoms with Crippen LogP contribution < -0.4 is 10.9 Å². The van der Waals surface area contributed by atoms with Crippen LogP contribution in [0.15, 0.2) is 58.1 Å². The summed E-state index contributed by atoms with van der Waals surface area (Å²) in [4.78, 5) is 29.5. The summed E-state index contributed by atoms with van der Waals surface area (Å²) in [5.74, 6) is -0.169. The highest BCUT2D eigenvalue weighted by Gasteiger charge is 2.17. The van der Waals surface area contributed by atoms with Gasteiger partial charge in [0.2, 0.25) is 5.91 Å². The van der Waals surface area contributed by atoms with E-state index in [0.717, 1.165) is 27.9 Å². The van der Waals surface area contributed by atoms with Gasteiger partial charge < -0.3 is 9.84 Å². The Morgan fingerprint density at radius 2 is 1.77 bits per heavy atom. The number of hydrogen-bond donors (Lipinski definition) is 1. The van der Waals surface area contributed by atoms with Gasteiger partial charge in [-0.3, -0.25) is 14.2 Å². The largest absolute Gasteiger partial charge is 0.348 e. The third-order valence-corrected chi connectivity index (χ3v) is 5.10. The van der Waals surface area contributed by atoms with Crippen LogP contribution in [0.1, 0.15) is 23.1 Å². The number of anilines is 1. The van der Waals surface area contributed by atoms with Crippen LogP contribution in [0.2, 0.25) is 0 Å². The highest BCUT2D eigenvalue weighted by Crippen LogP contribution is 2.24. The molecule has 0 saturated carbocycles. The second-order valence-corrected chi connectivity index (χ2v) is 7.38. The van der Waals surface area contributed by atoms with Gasteiger partial charge in [-0.25, -0.2) is 4.98 Å². The number of carbonyl (C=O) groups is 1. The Balaban J connectivity index is 1.53. The van der Waals surface area contributed by atoms with E-state index < -0.39 is 0 Å². The van der Waals surface area contributed by atoms with Crippen molar-refractivity contribution in [2.45, 2.75) is 33.7 Å². The quantitative estimate of drug-likeness (QED) is 0.545. The number of aryl methyl sites for hydroxylation is 4. The Bertz CT molecular complexity index is 1270. The fourth-order valence-electron chi connectivity index (χ4n) is 3.35. The zero-order chi connectivity index (χ0) is 21.3. The molecule has 0 saturated heterocycles. The number of benzene rings is 2. The highest BCUT2D eigenvalue weighted by atomic mass is 16.5. The molecule has 2 heterocycles. The van der Waals surface area contributed by atoms with E-state index in [0.29, 0.717) is 11.2 Å². The van der Waals surface area contributed by atoms with Crippen LogP contribution in [-0.4, -0.2) is 20.6 Å². The van der Waals surface area contributed by atoms with Crippen LogP contribution in [0.4, 0.5) is 5.69 Å². The van der Waals surface area contributed by atoms with E-state index in [1.54, 1.807) is 0 Å². The van der Waals surface area contributed by atoms with Gasteiger partial charge in [0.1, 0.15) is 11.2 Å². The van der Waals surface area contributed by atoms with Gasteiger partial charge in [0.15, 0.2) is 0 Å². The number of fused-ring (bicyclic) bond motifs is 1. The molecule has 1 amide bonds. The lowest BCUT2D eigenvalue weighted by Crippen LogP contribution is -2.23. The van der Waals surface area contributed by atoms with Crippen molar-refractivity contribution in [3.05, 3.63) is 75.8 Å². The first kappa shape index (κ1) is 19.6. The molecule has 152 valence electrons. The van der Waals surface area contributed by atoms with E-state index >= 15 is 0 Å². The minimum absolute atomic E-state index is 0.0863. The molecule has 4 aromatic rings. The van der Waals surface area contributed by atoms with Crippen LogP contribution in [0, 0.1) is 20.8 Å². The monoisotopic (exact) mass is 402 g/mol. The van der Waals surface area contributed by atoms with Gasteiger partial charge in [0.25, 0.3) is 11.1 Å². The number of hydrogen-bond acceptors (Lipinski definition) is 5. The van der Waals surface area contributed by atoms with Crippen molar-refractivity contribution in [1.82, 2.24) is 14.7 Å². The van der Waals surface area contributed by atoms with Crippen molar-refractivity contribution in [3.8, 4) is 11.3 Å². The van der Waals surface area contributed by atoms with Crippen LogP contribution in [0.5, 0.6) is 0 Å². The number of rotatable bonds is 5. The molecule has 0 aliphatic rings. The number of amides is 1. The topological polar surface area (TPSA) is 90.0 Å². The highest BCUT2D eigenvalue weighted by molar-refractivity contribution is 5.92. The Hall–Kier alpha value is -3.74. The third-order valence-electron chi connectivity index (χ3n) is 5.10. The smallest absolute Gasteiger partial charge is 0.299 e. The van der Waals surface area contributed by atoms with Crippen molar-refractivity contribution < 1.29 is 9.32 Å². The number of carbonyl (C=O) groups excluding carboxylic acids is 1. The molecule has 0 spiro atoms. The van der Waals surface area contributed by atoms with Crippen LogP contribution in [-0.2, 0) is 11.3 Å². The number of nitrogens with zero attached hydrogens (tertiary/aromatic N) is 3. The fourth-order valence-corrected chi connectivity index (χ4v) is 3.35. The lowest BCUT2D eigenvalue weighted by Gasteiger charge is -2.11. The normalized spacial score (nSPS) is 11.0. The third kappa shape index (κ3) is 3.74. The van der Waals surface area contributed by atoms with Crippen molar-refractivity contribution in [3.63, 3.8) is 0 Å². The molecule has 0 bridgehead atoms. The summed E-state index contributed by atoms with van der Waals surface area (Å²) in [6, 6.07) is 13.6. The van der Waals surface area contributed by atoms with Crippen molar-refractivity contribution in [2.24, 2.45) is 0 Å². The Labute approximate surface area is 173 Å². The molecule has 1 N–H and O–H groups in total. The SMILES string of the molecule is Cc1ccc(-c2noc3c(=O)n(CCC(=O)Nc4c(C)cccc4C)cnc23)cc1. The van der Waals surface area contributed by atoms with Gasteiger partial charge in [-0.1, -0.05) is 53.2 Å². The second kappa shape index (κ2) is 7.94. The second-order valence-electron chi connectivity index (χ2n) is 7.38. The molecule has 2 aromatic heterocycles. The molecule has 7 heteroatoms. The van der Waals surface area contributed by atoms with Gasteiger partial charge in [0.05, 0.1) is 6.33 Å². The molecule has 0 radical (unpaired) electrons. The molecule has 0 unspecified atom stereocenters. The van der Waals surface area contributed by atoms with E-state index in [9.17, 15) is 9.59 Å². The number of aromatic nitrogens is 3. The molecule has 2 aromatic carbocycles. The van der Waals surface area contributed by atoms with Gasteiger partial charge in [-0.2, -0.15) is 0 Å². The Morgan fingerprint density at radius 3 is 2.47 bits per heavy atom. The minimum atomic E-state index is -0.356. The molecule has 0 fully saturated rings. The predicted molar refractivity (Wildman–Crippen MR) is 115 cm³/mol. The standard InChI is InChI=1S/C23H22N4O3/c1-14-7-9-17(10-8-14)20-21-22(30-26-20)23(29)27(13-24-21)12-11-18(28)25-19-15(2)5-4-6-16(19)3/h4-10,13H,11-12H2,1-3H3,(H,25,28). The summed E-state index contributed by atoms with van der Waals surface area (Å²) >= 11 is 0. The van der Waals surface area contributed by atoms with E-state index in [1.807, 2.05) is 63.2 Å². The molecule has 0 aliphatic carbocycles. The molecule has 0 aliphatic heterocycles. The maximum Gasteiger partial charge on any atom is 0.299 e. The summed E-state index contributed by atoms with van der Waals surface area (Å²) in [6.07, 6.45) is 1.58. The van der Waals surface area contributed by atoms with Gasteiger partial charge >= 0.3 is 0 Å². The lowest BCUT2D eigenvalue weighted by atomic mass is 10.1. The predicted octanol–water partition coefficient (Wildman–Crippen LogP) is 4.01. The summed E-state index contributed by atoms with van der Waals surface area (Å²) < 4.78 is 6.66. The average Bonchev–Trinajstić information content (AvgIpc) is 3.16. The first-order valence-corrected chi connectivity index (χ1v) is 9.72. The minimum Gasteiger partial charge on any atom is -0.348 e. The van der Waals surface area contributed by atoms with E-state index in [-0.39, 0.29) is 30.0 Å². The summed E-state index contributed by atoms with van der Waals surface area (Å²) in [5.41, 5.74) is 5.43. The van der Waals surface area contributed by atoms with Gasteiger partial charge in [-0.05, 0) is 31.9 Å². The first-order chi connectivity index (χ1) is 14.4. The van der Waals surface area contributed by atoms with Crippen LogP contribution in [0.3, 0.4) is 0 Å².